The van der Waals surface area contributed by atoms with E-state index in [0.717, 1.165) is 6.07 Å². The quantitative estimate of drug-likeness (QED) is 0.791. The third-order valence-corrected chi connectivity index (χ3v) is 1.81. The van der Waals surface area contributed by atoms with Crippen molar-refractivity contribution in [2.24, 2.45) is 0 Å². The Kier molecular flexibility index (Phi) is 3.82. The Bertz CT molecular complexity index is 419. The Hall–Kier alpha value is -2.11. The van der Waals surface area contributed by atoms with Crippen molar-refractivity contribution in [1.29, 1.82) is 0 Å². The molecule has 0 aliphatic heterocycles. The van der Waals surface area contributed by atoms with Gasteiger partial charge in [0.2, 0.25) is 0 Å². The Morgan fingerprint density at radius 2 is 2.19 bits per heavy atom. The summed E-state index contributed by atoms with van der Waals surface area (Å²) < 4.78 is 17.9. The number of methoxy groups -OCH3 is 1. The SMILES string of the molecule is COc1ccc(C(=O)NCC(=O)O)cc1F. The molecule has 1 aromatic carbocycles. The van der Waals surface area contributed by atoms with E-state index in [2.05, 4.69) is 10.1 Å². The number of benzene rings is 1. The van der Waals surface area contributed by atoms with Crippen molar-refractivity contribution >= 4 is 11.9 Å². The van der Waals surface area contributed by atoms with E-state index in [-0.39, 0.29) is 11.3 Å². The maximum atomic E-state index is 13.2. The van der Waals surface area contributed by atoms with Crippen molar-refractivity contribution in [3.8, 4) is 5.75 Å². The van der Waals surface area contributed by atoms with Gasteiger partial charge in [-0.05, 0) is 18.2 Å². The molecule has 0 aliphatic rings. The molecule has 0 saturated heterocycles. The minimum absolute atomic E-state index is 0.0229. The van der Waals surface area contributed by atoms with E-state index in [1.807, 2.05) is 0 Å². The number of hydrogen-bond donors (Lipinski definition) is 2. The van der Waals surface area contributed by atoms with E-state index < -0.39 is 24.2 Å². The van der Waals surface area contributed by atoms with Gasteiger partial charge in [-0.1, -0.05) is 0 Å². The number of amides is 1. The van der Waals surface area contributed by atoms with Gasteiger partial charge in [-0.3, -0.25) is 9.59 Å². The predicted octanol–water partition coefficient (Wildman–Crippen LogP) is 0.649. The van der Waals surface area contributed by atoms with Crippen molar-refractivity contribution in [1.82, 2.24) is 5.32 Å². The summed E-state index contributed by atoms with van der Waals surface area (Å²) in [4.78, 5) is 21.5. The van der Waals surface area contributed by atoms with Crippen molar-refractivity contribution < 1.29 is 23.8 Å². The van der Waals surface area contributed by atoms with Crippen LogP contribution in [0.3, 0.4) is 0 Å². The molecule has 0 aromatic heterocycles. The van der Waals surface area contributed by atoms with Gasteiger partial charge in [-0.2, -0.15) is 0 Å². The zero-order valence-corrected chi connectivity index (χ0v) is 8.49. The molecule has 6 heteroatoms. The van der Waals surface area contributed by atoms with Crippen LogP contribution < -0.4 is 10.1 Å². The average molecular weight is 227 g/mol. The molecule has 0 aliphatic carbocycles. The first kappa shape index (κ1) is 12.0. The molecular weight excluding hydrogens is 217 g/mol. The number of nitrogens with one attached hydrogen (secondary N) is 1. The monoisotopic (exact) mass is 227 g/mol. The Morgan fingerprint density at radius 1 is 1.50 bits per heavy atom. The summed E-state index contributed by atoms with van der Waals surface area (Å²) >= 11 is 0. The van der Waals surface area contributed by atoms with Crippen LogP contribution in [0.4, 0.5) is 4.39 Å². The lowest BCUT2D eigenvalue weighted by atomic mass is 10.2. The molecule has 0 bridgehead atoms. The lowest BCUT2D eigenvalue weighted by Crippen LogP contribution is -2.29. The molecule has 0 atom stereocenters. The van der Waals surface area contributed by atoms with Crippen LogP contribution in [-0.4, -0.2) is 30.6 Å². The van der Waals surface area contributed by atoms with Crippen molar-refractivity contribution in [2.45, 2.75) is 0 Å². The van der Waals surface area contributed by atoms with Crippen molar-refractivity contribution in [2.75, 3.05) is 13.7 Å². The fourth-order valence-electron chi connectivity index (χ4n) is 1.07. The van der Waals surface area contributed by atoms with E-state index in [4.69, 9.17) is 5.11 Å². The fraction of sp³-hybridized carbons (Fsp3) is 0.200. The summed E-state index contributed by atoms with van der Waals surface area (Å²) in [6.07, 6.45) is 0. The highest BCUT2D eigenvalue weighted by Gasteiger charge is 2.10. The van der Waals surface area contributed by atoms with E-state index >= 15 is 0 Å². The Labute approximate surface area is 90.8 Å². The van der Waals surface area contributed by atoms with Crippen LogP contribution in [0.2, 0.25) is 0 Å². The topological polar surface area (TPSA) is 75.6 Å². The van der Waals surface area contributed by atoms with E-state index in [1.165, 1.54) is 19.2 Å². The Morgan fingerprint density at radius 3 is 2.69 bits per heavy atom. The zero-order chi connectivity index (χ0) is 12.1. The lowest BCUT2D eigenvalue weighted by molar-refractivity contribution is -0.135. The second-order valence-corrected chi connectivity index (χ2v) is 2.93. The van der Waals surface area contributed by atoms with Gasteiger partial charge in [-0.25, -0.2) is 4.39 Å². The van der Waals surface area contributed by atoms with E-state index in [9.17, 15) is 14.0 Å². The predicted molar refractivity (Wildman–Crippen MR) is 52.9 cm³/mol. The van der Waals surface area contributed by atoms with Crippen LogP contribution in [0.15, 0.2) is 18.2 Å². The van der Waals surface area contributed by atoms with Gasteiger partial charge in [0.25, 0.3) is 5.91 Å². The molecule has 0 spiro atoms. The maximum absolute atomic E-state index is 13.2. The van der Waals surface area contributed by atoms with Gasteiger partial charge in [-0.15, -0.1) is 0 Å². The third-order valence-electron chi connectivity index (χ3n) is 1.81. The summed E-state index contributed by atoms with van der Waals surface area (Å²) in [5, 5.41) is 10.5. The number of halogens is 1. The zero-order valence-electron chi connectivity index (χ0n) is 8.49. The molecule has 1 aromatic rings. The highest BCUT2D eigenvalue weighted by molar-refractivity contribution is 5.95. The average Bonchev–Trinajstić information content (AvgIpc) is 2.25. The summed E-state index contributed by atoms with van der Waals surface area (Å²) in [6.45, 7) is -0.507. The van der Waals surface area contributed by atoms with Crippen LogP contribution in [0, 0.1) is 5.82 Å². The molecule has 0 saturated carbocycles. The summed E-state index contributed by atoms with van der Waals surface area (Å²) in [5.74, 6) is -2.47. The standard InChI is InChI=1S/C10H10FNO4/c1-16-8-3-2-6(4-7(8)11)10(15)12-5-9(13)14/h2-4H,5H2,1H3,(H,12,15)(H,13,14). The molecule has 5 nitrogen and oxygen atoms in total. The van der Waals surface area contributed by atoms with Gasteiger partial charge in [0.05, 0.1) is 7.11 Å². The van der Waals surface area contributed by atoms with Gasteiger partial charge in [0, 0.05) is 5.56 Å². The number of rotatable bonds is 4. The highest BCUT2D eigenvalue weighted by atomic mass is 19.1. The fourth-order valence-corrected chi connectivity index (χ4v) is 1.07. The molecule has 0 radical (unpaired) electrons. The third kappa shape index (κ3) is 2.94. The minimum atomic E-state index is -1.16. The summed E-state index contributed by atoms with van der Waals surface area (Å²) in [6, 6.07) is 3.63. The number of carboxylic acids is 1. The lowest BCUT2D eigenvalue weighted by Gasteiger charge is -2.05. The number of carbonyl (C=O) groups is 2. The van der Waals surface area contributed by atoms with E-state index in [1.54, 1.807) is 0 Å². The largest absolute Gasteiger partial charge is 0.494 e. The van der Waals surface area contributed by atoms with Crippen LogP contribution in [-0.2, 0) is 4.79 Å². The van der Waals surface area contributed by atoms with Crippen LogP contribution in [0.1, 0.15) is 10.4 Å². The molecule has 86 valence electrons. The van der Waals surface area contributed by atoms with Crippen LogP contribution >= 0.6 is 0 Å². The number of aliphatic carboxylic acids is 1. The molecule has 2 N–H and O–H groups in total. The van der Waals surface area contributed by atoms with Crippen LogP contribution in [0.5, 0.6) is 5.75 Å². The summed E-state index contributed by atoms with van der Waals surface area (Å²) in [7, 11) is 1.31. The number of carbonyl (C=O) groups excluding carboxylic acids is 1. The van der Waals surface area contributed by atoms with Crippen LogP contribution in [0.25, 0.3) is 0 Å². The van der Waals surface area contributed by atoms with Gasteiger partial charge in [0.15, 0.2) is 11.6 Å². The van der Waals surface area contributed by atoms with E-state index in [0.29, 0.717) is 0 Å². The minimum Gasteiger partial charge on any atom is -0.494 e. The molecule has 0 unspecified atom stereocenters. The first-order chi connectivity index (χ1) is 7.54. The van der Waals surface area contributed by atoms with Gasteiger partial charge in [0.1, 0.15) is 6.54 Å². The van der Waals surface area contributed by atoms with Crippen molar-refractivity contribution in [3.63, 3.8) is 0 Å². The number of hydrogen-bond acceptors (Lipinski definition) is 3. The molecule has 0 heterocycles. The molecule has 16 heavy (non-hydrogen) atoms. The maximum Gasteiger partial charge on any atom is 0.322 e. The van der Waals surface area contributed by atoms with Gasteiger partial charge >= 0.3 is 5.97 Å². The molecule has 0 fully saturated rings. The van der Waals surface area contributed by atoms with Gasteiger partial charge < -0.3 is 15.2 Å². The normalized spacial score (nSPS) is 9.62. The number of carboxylic acid groups (broad SMARTS) is 1. The summed E-state index contributed by atoms with van der Waals surface area (Å²) in [5.41, 5.74) is 0.0413. The smallest absolute Gasteiger partial charge is 0.322 e. The first-order valence-corrected chi connectivity index (χ1v) is 4.38. The highest BCUT2D eigenvalue weighted by Crippen LogP contribution is 2.17. The second-order valence-electron chi connectivity index (χ2n) is 2.93. The first-order valence-electron chi connectivity index (χ1n) is 4.38. The molecule has 1 rings (SSSR count). The molecular formula is C10H10FNO4. The Balaban J connectivity index is 2.77. The second kappa shape index (κ2) is 5.11. The molecule has 1 amide bonds. The van der Waals surface area contributed by atoms with Crippen molar-refractivity contribution in [3.05, 3.63) is 29.6 Å². The number of ether oxygens (including phenoxy) is 1.